The highest BCUT2D eigenvalue weighted by Crippen LogP contribution is 2.28. The molecule has 1 aliphatic rings. The summed E-state index contributed by atoms with van der Waals surface area (Å²) in [5, 5.41) is 2.84. The van der Waals surface area contributed by atoms with E-state index < -0.39 is 35.7 Å². The summed E-state index contributed by atoms with van der Waals surface area (Å²) < 4.78 is 23.5. The summed E-state index contributed by atoms with van der Waals surface area (Å²) in [7, 11) is 0. The first kappa shape index (κ1) is 25.9. The van der Waals surface area contributed by atoms with E-state index in [1.165, 1.54) is 0 Å². The number of Topliss-reactive ketones (excluding diaryl/α,β-unsaturated/α-hetero) is 1. The molecule has 7 nitrogen and oxygen atoms in total. The third kappa shape index (κ3) is 7.38. The zero-order valence-corrected chi connectivity index (χ0v) is 20.8. The normalized spacial score (nSPS) is 19.3. The quantitative estimate of drug-likeness (QED) is 0.559. The van der Waals surface area contributed by atoms with Gasteiger partial charge in [-0.15, -0.1) is 0 Å². The lowest BCUT2D eigenvalue weighted by molar-refractivity contribution is -0.146. The van der Waals surface area contributed by atoms with Crippen molar-refractivity contribution >= 4 is 11.9 Å². The van der Waals surface area contributed by atoms with Crippen LogP contribution in [-0.2, 0) is 25.6 Å². The minimum atomic E-state index is -1.03. The van der Waals surface area contributed by atoms with Gasteiger partial charge in [0.15, 0.2) is 11.6 Å². The van der Waals surface area contributed by atoms with Gasteiger partial charge in [-0.25, -0.2) is 4.79 Å². The number of carbonyl (C=O) groups excluding carboxylic acids is 2. The fraction of sp³-hybridized carbons (Fsp3) is 0.481. The molecule has 0 aliphatic carbocycles. The van der Waals surface area contributed by atoms with Crippen molar-refractivity contribution in [1.29, 1.82) is 0 Å². The molecule has 0 aromatic heterocycles. The van der Waals surface area contributed by atoms with Crippen molar-refractivity contribution in [2.24, 2.45) is 0 Å². The van der Waals surface area contributed by atoms with Crippen LogP contribution in [0.2, 0.25) is 0 Å². The Hall–Kier alpha value is -2.74. The molecule has 184 valence electrons. The summed E-state index contributed by atoms with van der Waals surface area (Å²) in [5.74, 6) is -1.11. The lowest BCUT2D eigenvalue weighted by atomic mass is 9.96. The third-order valence-corrected chi connectivity index (χ3v) is 5.31. The van der Waals surface area contributed by atoms with Gasteiger partial charge in [0.25, 0.3) is 0 Å². The molecular weight excluding hydrogens is 434 g/mol. The van der Waals surface area contributed by atoms with Gasteiger partial charge in [-0.1, -0.05) is 60.2 Å². The summed E-state index contributed by atoms with van der Waals surface area (Å²) in [6.45, 7) is 11.3. The summed E-state index contributed by atoms with van der Waals surface area (Å²) in [6, 6.07) is 16.0. The first-order valence-corrected chi connectivity index (χ1v) is 11.5. The monoisotopic (exact) mass is 469 g/mol. The molecule has 3 unspecified atom stereocenters. The van der Waals surface area contributed by atoms with Crippen LogP contribution < -0.4 is 5.32 Å². The molecule has 2 aromatic rings. The van der Waals surface area contributed by atoms with E-state index in [0.29, 0.717) is 5.56 Å². The maximum absolute atomic E-state index is 13.7. The van der Waals surface area contributed by atoms with Gasteiger partial charge >= 0.3 is 6.09 Å². The SMILES string of the molecule is Cc1ccc(C(=O)C(OCc2ccccc2)C(NC(=O)OC(C)(C)C)C2COC(C)(C)O2)cc1. The Morgan fingerprint density at radius 1 is 1.09 bits per heavy atom. The van der Waals surface area contributed by atoms with Crippen LogP contribution in [0, 0.1) is 6.92 Å². The number of hydrogen-bond acceptors (Lipinski definition) is 6. The number of carbonyl (C=O) groups is 2. The van der Waals surface area contributed by atoms with Crippen molar-refractivity contribution in [3.63, 3.8) is 0 Å². The van der Waals surface area contributed by atoms with E-state index in [9.17, 15) is 9.59 Å². The van der Waals surface area contributed by atoms with Crippen LogP contribution in [0.4, 0.5) is 4.79 Å². The van der Waals surface area contributed by atoms with E-state index in [-0.39, 0.29) is 19.0 Å². The predicted molar refractivity (Wildman–Crippen MR) is 129 cm³/mol. The van der Waals surface area contributed by atoms with Gasteiger partial charge in [-0.05, 0) is 47.1 Å². The van der Waals surface area contributed by atoms with Crippen LogP contribution in [0.3, 0.4) is 0 Å². The Bertz CT molecular complexity index is 965. The van der Waals surface area contributed by atoms with E-state index in [2.05, 4.69) is 5.32 Å². The van der Waals surface area contributed by atoms with Crippen LogP contribution >= 0.6 is 0 Å². The zero-order valence-electron chi connectivity index (χ0n) is 20.8. The van der Waals surface area contributed by atoms with Gasteiger partial charge < -0.3 is 24.3 Å². The van der Waals surface area contributed by atoms with Gasteiger partial charge in [0.05, 0.1) is 19.3 Å². The fourth-order valence-corrected chi connectivity index (χ4v) is 3.68. The average Bonchev–Trinajstić information content (AvgIpc) is 3.12. The van der Waals surface area contributed by atoms with Gasteiger partial charge in [-0.3, -0.25) is 4.79 Å². The number of aryl methyl sites for hydroxylation is 1. The topological polar surface area (TPSA) is 83.1 Å². The van der Waals surface area contributed by atoms with E-state index in [0.717, 1.165) is 11.1 Å². The highest BCUT2D eigenvalue weighted by Gasteiger charge is 2.45. The van der Waals surface area contributed by atoms with Gasteiger partial charge in [0.2, 0.25) is 0 Å². The molecule has 0 saturated carbocycles. The van der Waals surface area contributed by atoms with Crippen LogP contribution in [0.25, 0.3) is 0 Å². The summed E-state index contributed by atoms with van der Waals surface area (Å²) in [6.07, 6.45) is -2.30. The predicted octanol–water partition coefficient (Wildman–Crippen LogP) is 4.81. The lowest BCUT2D eigenvalue weighted by Crippen LogP contribution is -2.56. The molecule has 0 bridgehead atoms. The summed E-state index contributed by atoms with van der Waals surface area (Å²) in [4.78, 5) is 26.5. The molecule has 7 heteroatoms. The molecule has 2 aromatic carbocycles. The number of benzene rings is 2. The Morgan fingerprint density at radius 2 is 1.74 bits per heavy atom. The number of alkyl carbamates (subject to hydrolysis) is 1. The minimum Gasteiger partial charge on any atom is -0.444 e. The zero-order chi connectivity index (χ0) is 24.9. The van der Waals surface area contributed by atoms with Gasteiger partial charge in [0.1, 0.15) is 17.8 Å². The van der Waals surface area contributed by atoms with Crippen molar-refractivity contribution in [2.75, 3.05) is 6.61 Å². The number of ketones is 1. The molecule has 34 heavy (non-hydrogen) atoms. The van der Waals surface area contributed by atoms with Crippen molar-refractivity contribution in [1.82, 2.24) is 5.32 Å². The molecule has 1 aliphatic heterocycles. The number of amides is 1. The second kappa shape index (κ2) is 10.7. The van der Waals surface area contributed by atoms with Crippen molar-refractivity contribution < 1.29 is 28.5 Å². The fourth-order valence-electron chi connectivity index (χ4n) is 3.68. The largest absolute Gasteiger partial charge is 0.444 e. The molecule has 3 rings (SSSR count). The van der Waals surface area contributed by atoms with Crippen molar-refractivity contribution in [3.05, 3.63) is 71.3 Å². The lowest BCUT2D eigenvalue weighted by Gasteiger charge is -2.32. The Morgan fingerprint density at radius 3 is 2.29 bits per heavy atom. The van der Waals surface area contributed by atoms with Gasteiger partial charge in [-0.2, -0.15) is 0 Å². The van der Waals surface area contributed by atoms with Crippen LogP contribution in [0.5, 0.6) is 0 Å². The molecular formula is C27H35NO6. The maximum Gasteiger partial charge on any atom is 0.408 e. The Kier molecular flexibility index (Phi) is 8.13. The van der Waals surface area contributed by atoms with E-state index in [1.54, 1.807) is 46.8 Å². The molecule has 0 radical (unpaired) electrons. The Balaban J connectivity index is 1.93. The second-order valence-electron chi connectivity index (χ2n) is 9.99. The van der Waals surface area contributed by atoms with Crippen LogP contribution in [0.1, 0.15) is 56.1 Å². The molecule has 1 heterocycles. The molecule has 1 fully saturated rings. The second-order valence-corrected chi connectivity index (χ2v) is 9.99. The van der Waals surface area contributed by atoms with Crippen molar-refractivity contribution in [3.8, 4) is 0 Å². The molecule has 0 spiro atoms. The van der Waals surface area contributed by atoms with Crippen LogP contribution in [-0.4, -0.2) is 48.1 Å². The summed E-state index contributed by atoms with van der Waals surface area (Å²) >= 11 is 0. The third-order valence-electron chi connectivity index (χ3n) is 5.31. The molecule has 3 atom stereocenters. The first-order valence-electron chi connectivity index (χ1n) is 11.5. The molecule has 1 N–H and O–H groups in total. The average molecular weight is 470 g/mol. The number of hydrogen-bond donors (Lipinski definition) is 1. The highest BCUT2D eigenvalue weighted by atomic mass is 16.7. The molecule has 1 amide bonds. The standard InChI is InChI=1S/C27H35NO6/c1-18-12-14-20(15-13-18)23(29)24(31-16-19-10-8-7-9-11-19)22(21-17-32-27(5,6)33-21)28-25(30)34-26(2,3)4/h7-15,21-22,24H,16-17H2,1-6H3,(H,28,30). The number of ether oxygens (including phenoxy) is 4. The van der Waals surface area contributed by atoms with Crippen LogP contribution in [0.15, 0.2) is 54.6 Å². The maximum atomic E-state index is 13.7. The summed E-state index contributed by atoms with van der Waals surface area (Å²) in [5.41, 5.74) is 1.72. The number of nitrogens with one attached hydrogen (secondary N) is 1. The molecule has 1 saturated heterocycles. The minimum absolute atomic E-state index is 0.187. The Labute approximate surface area is 201 Å². The van der Waals surface area contributed by atoms with E-state index in [1.807, 2.05) is 49.4 Å². The van der Waals surface area contributed by atoms with E-state index >= 15 is 0 Å². The van der Waals surface area contributed by atoms with Gasteiger partial charge in [0, 0.05) is 5.56 Å². The smallest absolute Gasteiger partial charge is 0.408 e. The van der Waals surface area contributed by atoms with Crippen molar-refractivity contribution in [2.45, 2.75) is 77.8 Å². The first-order chi connectivity index (χ1) is 15.9. The van der Waals surface area contributed by atoms with E-state index in [4.69, 9.17) is 18.9 Å². The highest BCUT2D eigenvalue weighted by molar-refractivity contribution is 6.00. The number of rotatable bonds is 8.